The Labute approximate surface area is 272 Å². The summed E-state index contributed by atoms with van der Waals surface area (Å²) in [5.74, 6) is -0.612. The molecule has 3 heterocycles. The Morgan fingerprint density at radius 3 is 2.11 bits per heavy atom. The molecule has 10 heteroatoms. The third kappa shape index (κ3) is 7.06. The Hall–Kier alpha value is -3.15. The van der Waals surface area contributed by atoms with E-state index in [2.05, 4.69) is 41.0 Å². The second kappa shape index (κ2) is 14.3. The molecule has 0 radical (unpaired) electrons. The lowest BCUT2D eigenvalue weighted by atomic mass is 9.83. The molecule has 3 saturated heterocycles. The van der Waals surface area contributed by atoms with Crippen molar-refractivity contribution in [1.29, 1.82) is 0 Å². The fourth-order valence-electron chi connectivity index (χ4n) is 7.11. The Morgan fingerprint density at radius 1 is 0.826 bits per heavy atom. The third-order valence-corrected chi connectivity index (χ3v) is 11.5. The van der Waals surface area contributed by atoms with Gasteiger partial charge in [0.05, 0.1) is 29.6 Å². The molecule has 6 rings (SSSR count). The minimum atomic E-state index is -3.88. The number of nitrogens with zero attached hydrogens (tertiary/aromatic N) is 2. The lowest BCUT2D eigenvalue weighted by Crippen LogP contribution is -2.50. The minimum absolute atomic E-state index is 0.0845. The van der Waals surface area contributed by atoms with Gasteiger partial charge in [0.1, 0.15) is 5.75 Å². The Bertz CT molecular complexity index is 1540. The number of benzene rings is 3. The summed E-state index contributed by atoms with van der Waals surface area (Å²) in [6.07, 6.45) is 6.43. The highest BCUT2D eigenvalue weighted by atomic mass is 32.2. The molecule has 3 aliphatic rings. The molecule has 0 spiro atoms. The molecule has 3 fully saturated rings. The van der Waals surface area contributed by atoms with Gasteiger partial charge in [-0.05, 0) is 100 Å². The first-order valence-corrected chi connectivity index (χ1v) is 18.1. The van der Waals surface area contributed by atoms with Crippen LogP contribution in [0, 0.1) is 5.92 Å². The number of piperidine rings is 2. The van der Waals surface area contributed by atoms with Gasteiger partial charge in [-0.1, -0.05) is 37.6 Å². The highest BCUT2D eigenvalue weighted by molar-refractivity contribution is 7.91. The second-order valence-electron chi connectivity index (χ2n) is 12.7. The fourth-order valence-corrected chi connectivity index (χ4v) is 8.39. The average Bonchev–Trinajstić information content (AvgIpc) is 3.59. The van der Waals surface area contributed by atoms with Gasteiger partial charge < -0.3 is 29.3 Å². The van der Waals surface area contributed by atoms with E-state index in [4.69, 9.17) is 14.2 Å². The molecule has 248 valence electrons. The summed E-state index contributed by atoms with van der Waals surface area (Å²) in [6.45, 7) is 9.07. The third-order valence-electron chi connectivity index (χ3n) is 9.78. The maximum absolute atomic E-state index is 13.2. The molecule has 0 bridgehead atoms. The number of phenolic OH excluding ortho intramolecular Hbond substituents is 2. The number of hydrogen-bond donors (Lipinski definition) is 2. The molecule has 0 amide bonds. The predicted octanol–water partition coefficient (Wildman–Crippen LogP) is 5.69. The fraction of sp³-hybridized carbons (Fsp3) is 0.500. The van der Waals surface area contributed by atoms with E-state index in [0.717, 1.165) is 95.2 Å². The van der Waals surface area contributed by atoms with Gasteiger partial charge in [-0.25, -0.2) is 8.42 Å². The zero-order chi connectivity index (χ0) is 32.1. The molecule has 0 aliphatic carbocycles. The van der Waals surface area contributed by atoms with Crippen LogP contribution in [0.1, 0.15) is 56.6 Å². The van der Waals surface area contributed by atoms with E-state index >= 15 is 0 Å². The summed E-state index contributed by atoms with van der Waals surface area (Å²) in [7, 11) is -3.88. The van der Waals surface area contributed by atoms with E-state index in [-0.39, 0.29) is 21.5 Å². The summed E-state index contributed by atoms with van der Waals surface area (Å²) in [6, 6.07) is 19.4. The molecule has 46 heavy (non-hydrogen) atoms. The first kappa shape index (κ1) is 32.8. The lowest BCUT2D eigenvalue weighted by Gasteiger charge is -2.45. The smallest absolute Gasteiger partial charge is 0.206 e. The zero-order valence-corrected chi connectivity index (χ0v) is 27.5. The van der Waals surface area contributed by atoms with Crippen LogP contribution >= 0.6 is 0 Å². The lowest BCUT2D eigenvalue weighted by molar-refractivity contribution is -0.215. The van der Waals surface area contributed by atoms with Crippen molar-refractivity contribution >= 4 is 9.84 Å². The molecule has 3 aromatic rings. The summed E-state index contributed by atoms with van der Waals surface area (Å²) in [5, 5.41) is 19.4. The number of phenols is 2. The monoisotopic (exact) mass is 650 g/mol. The highest BCUT2D eigenvalue weighted by Crippen LogP contribution is 2.44. The summed E-state index contributed by atoms with van der Waals surface area (Å²) in [5.41, 5.74) is 2.15. The molecule has 3 aromatic carbocycles. The minimum Gasteiger partial charge on any atom is -0.504 e. The molecule has 9 nitrogen and oxygen atoms in total. The van der Waals surface area contributed by atoms with Crippen molar-refractivity contribution in [2.24, 2.45) is 5.92 Å². The van der Waals surface area contributed by atoms with Crippen LogP contribution < -0.4 is 4.74 Å². The maximum atomic E-state index is 13.2. The van der Waals surface area contributed by atoms with E-state index in [9.17, 15) is 18.6 Å². The molecule has 0 saturated carbocycles. The number of hydrogen-bond acceptors (Lipinski definition) is 9. The summed E-state index contributed by atoms with van der Waals surface area (Å²) >= 11 is 0. The van der Waals surface area contributed by atoms with Crippen LogP contribution in [-0.4, -0.2) is 80.5 Å². The van der Waals surface area contributed by atoms with Crippen molar-refractivity contribution in [2.45, 2.75) is 73.6 Å². The first-order chi connectivity index (χ1) is 22.3. The number of rotatable bonds is 11. The normalized spacial score (nSPS) is 20.2. The number of sulfone groups is 1. The summed E-state index contributed by atoms with van der Waals surface area (Å²) < 4.78 is 44.8. The van der Waals surface area contributed by atoms with Crippen LogP contribution in [0.15, 0.2) is 76.5 Å². The Kier molecular flexibility index (Phi) is 10.2. The van der Waals surface area contributed by atoms with Crippen LogP contribution in [-0.2, 0) is 31.6 Å². The van der Waals surface area contributed by atoms with Crippen molar-refractivity contribution < 1.29 is 32.8 Å². The van der Waals surface area contributed by atoms with E-state index in [1.807, 2.05) is 0 Å². The van der Waals surface area contributed by atoms with Gasteiger partial charge in [0.2, 0.25) is 9.84 Å². The molecule has 0 aromatic heterocycles. The van der Waals surface area contributed by atoms with Gasteiger partial charge in [0, 0.05) is 30.1 Å². The van der Waals surface area contributed by atoms with Gasteiger partial charge >= 0.3 is 0 Å². The summed E-state index contributed by atoms with van der Waals surface area (Å²) in [4.78, 5) is 5.21. The van der Waals surface area contributed by atoms with Crippen molar-refractivity contribution in [2.75, 3.05) is 46.0 Å². The van der Waals surface area contributed by atoms with E-state index in [0.29, 0.717) is 19.3 Å². The van der Waals surface area contributed by atoms with Crippen LogP contribution in [0.2, 0.25) is 0 Å². The van der Waals surface area contributed by atoms with Gasteiger partial charge in [-0.2, -0.15) is 0 Å². The number of ether oxygens (including phenoxy) is 3. The van der Waals surface area contributed by atoms with Crippen molar-refractivity contribution in [3.05, 3.63) is 77.9 Å². The van der Waals surface area contributed by atoms with Crippen LogP contribution in [0.3, 0.4) is 0 Å². The predicted molar refractivity (Wildman–Crippen MR) is 175 cm³/mol. The average molecular weight is 651 g/mol. The highest BCUT2D eigenvalue weighted by Gasteiger charge is 2.47. The Morgan fingerprint density at radius 2 is 1.48 bits per heavy atom. The van der Waals surface area contributed by atoms with Crippen LogP contribution in [0.4, 0.5) is 0 Å². The van der Waals surface area contributed by atoms with E-state index in [1.165, 1.54) is 17.7 Å². The molecule has 0 unspecified atom stereocenters. The number of aromatic hydroxyl groups is 2. The van der Waals surface area contributed by atoms with E-state index in [1.54, 1.807) is 24.3 Å². The van der Waals surface area contributed by atoms with Crippen molar-refractivity contribution in [1.82, 2.24) is 9.80 Å². The number of likely N-dealkylation sites (tertiary alicyclic amines) is 2. The Balaban J connectivity index is 1.03. The van der Waals surface area contributed by atoms with Crippen LogP contribution in [0.25, 0.3) is 0 Å². The molecule has 0 atom stereocenters. The first-order valence-electron chi connectivity index (χ1n) is 16.6. The van der Waals surface area contributed by atoms with Gasteiger partial charge in [-0.15, -0.1) is 0 Å². The van der Waals surface area contributed by atoms with Crippen LogP contribution in [0.5, 0.6) is 17.2 Å². The molecular formula is C36H46N2O7S. The second-order valence-corrected chi connectivity index (χ2v) is 14.7. The SMILES string of the molecule is CCCCOc1ccc(CN2CCC(N3CCC(C4(c5ccc(S(=O)(=O)c6ccc(O)c(O)c6)cc5)OCCO4)CC3)CC2)cc1. The topological polar surface area (TPSA) is 109 Å². The van der Waals surface area contributed by atoms with Gasteiger partial charge in [-0.3, -0.25) is 4.90 Å². The standard InChI is InChI=1S/C36H46N2O7S/c1-2-3-22-43-31-8-4-27(5-9-31)26-37-18-16-30(17-19-37)38-20-14-29(15-21-38)36(44-23-24-45-36)28-6-10-32(11-7-28)46(41,42)33-12-13-34(39)35(40)25-33/h4-13,25,29-30,39-40H,2-3,14-24,26H2,1H3. The number of unbranched alkanes of at least 4 members (excludes halogenated alkanes) is 1. The molecule has 3 aliphatic heterocycles. The van der Waals surface area contributed by atoms with Gasteiger partial charge in [0.15, 0.2) is 17.3 Å². The zero-order valence-electron chi connectivity index (χ0n) is 26.6. The molecular weight excluding hydrogens is 604 g/mol. The van der Waals surface area contributed by atoms with Gasteiger partial charge in [0.25, 0.3) is 0 Å². The molecule has 2 N–H and O–H groups in total. The van der Waals surface area contributed by atoms with E-state index < -0.39 is 21.4 Å². The maximum Gasteiger partial charge on any atom is 0.206 e. The largest absolute Gasteiger partial charge is 0.504 e. The van der Waals surface area contributed by atoms with Crippen molar-refractivity contribution in [3.8, 4) is 17.2 Å². The quantitative estimate of drug-likeness (QED) is 0.200. The van der Waals surface area contributed by atoms with Crippen molar-refractivity contribution in [3.63, 3.8) is 0 Å².